The average Bonchev–Trinajstić information content (AvgIpc) is 2.82. The van der Waals surface area contributed by atoms with E-state index in [1.54, 1.807) is 7.11 Å². The zero-order valence-corrected chi connectivity index (χ0v) is 19.1. The summed E-state index contributed by atoms with van der Waals surface area (Å²) in [7, 11) is 1.65. The first kappa shape index (κ1) is 28.6. The molecule has 0 aliphatic rings. The van der Waals surface area contributed by atoms with E-state index in [-0.39, 0.29) is 13.2 Å². The Labute approximate surface area is 197 Å². The Morgan fingerprint density at radius 1 is 0.882 bits per heavy atom. The number of nitrogens with one attached hydrogen (secondary N) is 4. The number of carboxylic acid groups (broad SMARTS) is 2. The molecule has 0 saturated carbocycles. The Morgan fingerprint density at radius 2 is 1.47 bits per heavy atom. The van der Waals surface area contributed by atoms with Crippen LogP contribution in [-0.2, 0) is 9.59 Å². The number of fused-ring (bicyclic) bond motifs is 1. The van der Waals surface area contributed by atoms with Gasteiger partial charge in [-0.25, -0.2) is 14.6 Å². The molecule has 34 heavy (non-hydrogen) atoms. The first-order valence-electron chi connectivity index (χ1n) is 10.6. The van der Waals surface area contributed by atoms with Crippen LogP contribution in [0.25, 0.3) is 10.9 Å². The number of carboxylic acids is 2. The number of aromatic nitrogens is 1. The van der Waals surface area contributed by atoms with Crippen molar-refractivity contribution in [2.75, 3.05) is 70.2 Å². The molecule has 1 aromatic heterocycles. The van der Waals surface area contributed by atoms with E-state index in [9.17, 15) is 9.59 Å². The van der Waals surface area contributed by atoms with Gasteiger partial charge < -0.3 is 46.4 Å². The minimum atomic E-state index is -1.26. The van der Waals surface area contributed by atoms with Crippen molar-refractivity contribution >= 4 is 34.3 Å². The van der Waals surface area contributed by atoms with Gasteiger partial charge in [-0.05, 0) is 18.2 Å². The summed E-state index contributed by atoms with van der Waals surface area (Å²) < 4.78 is 5.33. The molecule has 12 nitrogen and oxygen atoms in total. The number of benzene rings is 1. The molecule has 1 aromatic carbocycles. The second kappa shape index (κ2) is 17.1. The molecule has 188 valence electrons. The molecular weight excluding hydrogens is 446 g/mol. The monoisotopic (exact) mass is 479 g/mol. The van der Waals surface area contributed by atoms with Crippen LogP contribution in [0.2, 0.25) is 0 Å². The van der Waals surface area contributed by atoms with Gasteiger partial charge in [0.1, 0.15) is 11.6 Å². The zero-order chi connectivity index (χ0) is 25.2. The molecule has 12 heteroatoms. The topological polar surface area (TPSA) is 185 Å². The molecule has 0 aliphatic carbocycles. The van der Waals surface area contributed by atoms with Crippen LogP contribution in [0, 0.1) is 0 Å². The van der Waals surface area contributed by atoms with Gasteiger partial charge in [0, 0.05) is 68.6 Å². The van der Waals surface area contributed by atoms with Gasteiger partial charge in [0.15, 0.2) is 0 Å². The van der Waals surface area contributed by atoms with E-state index < -0.39 is 11.9 Å². The standard InChI is InChI=1S/C18H29N5O3.C4H4O4/c1-26-14-2-3-16-15(12-14)17(21-6-4-19-8-10-24)13-18(23-16)22-7-5-20-9-11-25;5-3(6)1-2-4(7)8/h2-3,12-13,19-20,24-25H,4-11H2,1H3,(H2,21,22,23);1-2H,(H,5,6)(H,7,8)/b;2-1+. The third-order valence-electron chi connectivity index (χ3n) is 4.19. The first-order valence-corrected chi connectivity index (χ1v) is 10.6. The van der Waals surface area contributed by atoms with Crippen molar-refractivity contribution < 1.29 is 34.8 Å². The van der Waals surface area contributed by atoms with Gasteiger partial charge in [0.05, 0.1) is 25.8 Å². The van der Waals surface area contributed by atoms with Crippen LogP contribution < -0.4 is 26.0 Å². The number of methoxy groups -OCH3 is 1. The Morgan fingerprint density at radius 3 is 2.00 bits per heavy atom. The second-order valence-electron chi connectivity index (χ2n) is 6.75. The number of aliphatic carboxylic acids is 2. The summed E-state index contributed by atoms with van der Waals surface area (Å²) in [4.78, 5) is 23.8. The van der Waals surface area contributed by atoms with Crippen molar-refractivity contribution in [3.63, 3.8) is 0 Å². The number of nitrogens with zero attached hydrogens (tertiary/aromatic N) is 1. The number of ether oxygens (including phenoxy) is 1. The van der Waals surface area contributed by atoms with Gasteiger partial charge in [0.2, 0.25) is 0 Å². The third kappa shape index (κ3) is 12.0. The highest BCUT2D eigenvalue weighted by Crippen LogP contribution is 2.28. The maximum Gasteiger partial charge on any atom is 0.328 e. The Bertz CT molecular complexity index is 908. The van der Waals surface area contributed by atoms with Gasteiger partial charge in [-0.3, -0.25) is 0 Å². The molecule has 0 aliphatic heterocycles. The number of anilines is 2. The lowest BCUT2D eigenvalue weighted by atomic mass is 10.1. The number of carbonyl (C=O) groups is 2. The van der Waals surface area contributed by atoms with E-state index in [4.69, 9.17) is 25.2 Å². The Hall–Kier alpha value is -3.45. The van der Waals surface area contributed by atoms with Crippen molar-refractivity contribution in [1.82, 2.24) is 15.6 Å². The highest BCUT2D eigenvalue weighted by Gasteiger charge is 2.07. The van der Waals surface area contributed by atoms with Gasteiger partial charge >= 0.3 is 11.9 Å². The van der Waals surface area contributed by atoms with Crippen molar-refractivity contribution in [2.45, 2.75) is 0 Å². The predicted molar refractivity (Wildman–Crippen MR) is 130 cm³/mol. The molecule has 0 spiro atoms. The molecule has 0 fully saturated rings. The quantitative estimate of drug-likeness (QED) is 0.126. The predicted octanol–water partition coefficient (Wildman–Crippen LogP) is -0.0572. The minimum Gasteiger partial charge on any atom is -0.497 e. The molecule has 0 bridgehead atoms. The highest BCUT2D eigenvalue weighted by atomic mass is 16.5. The lowest BCUT2D eigenvalue weighted by Gasteiger charge is -2.14. The number of rotatable bonds is 15. The van der Waals surface area contributed by atoms with E-state index in [1.165, 1.54) is 0 Å². The number of hydrogen-bond donors (Lipinski definition) is 8. The fourth-order valence-electron chi connectivity index (χ4n) is 2.68. The molecule has 1 heterocycles. The maximum atomic E-state index is 9.55. The van der Waals surface area contributed by atoms with Crippen molar-refractivity contribution in [3.05, 3.63) is 36.4 Å². The molecule has 0 atom stereocenters. The van der Waals surface area contributed by atoms with Crippen molar-refractivity contribution in [2.24, 2.45) is 0 Å². The normalized spacial score (nSPS) is 10.6. The summed E-state index contributed by atoms with van der Waals surface area (Å²) in [5.41, 5.74) is 1.86. The summed E-state index contributed by atoms with van der Waals surface area (Å²) in [5.74, 6) is -0.936. The fraction of sp³-hybridized carbons (Fsp3) is 0.409. The Balaban J connectivity index is 0.000000620. The molecule has 0 unspecified atom stereocenters. The van der Waals surface area contributed by atoms with Crippen LogP contribution in [0.4, 0.5) is 11.5 Å². The zero-order valence-electron chi connectivity index (χ0n) is 19.1. The number of pyridine rings is 1. The number of aliphatic hydroxyl groups is 2. The lowest BCUT2D eigenvalue weighted by molar-refractivity contribution is -0.134. The Kier molecular flexibility index (Phi) is 14.4. The lowest BCUT2D eigenvalue weighted by Crippen LogP contribution is -2.25. The molecule has 2 aromatic rings. The average molecular weight is 480 g/mol. The summed E-state index contributed by atoms with van der Waals surface area (Å²) in [6.45, 7) is 4.38. The number of hydrogen-bond acceptors (Lipinski definition) is 10. The summed E-state index contributed by atoms with van der Waals surface area (Å²) in [5, 5.41) is 47.2. The molecule has 8 N–H and O–H groups in total. The smallest absolute Gasteiger partial charge is 0.328 e. The van der Waals surface area contributed by atoms with E-state index in [1.807, 2.05) is 24.3 Å². The van der Waals surface area contributed by atoms with Crippen LogP contribution in [0.3, 0.4) is 0 Å². The SMILES string of the molecule is COc1ccc2nc(NCCNCCO)cc(NCCNCCO)c2c1.O=C(O)/C=C/C(=O)O. The molecule has 0 radical (unpaired) electrons. The van der Waals surface area contributed by atoms with E-state index in [0.717, 1.165) is 47.8 Å². The van der Waals surface area contributed by atoms with E-state index in [0.29, 0.717) is 31.8 Å². The maximum absolute atomic E-state index is 9.55. The summed E-state index contributed by atoms with van der Waals surface area (Å²) in [6, 6.07) is 7.80. The van der Waals surface area contributed by atoms with Crippen molar-refractivity contribution in [3.8, 4) is 5.75 Å². The minimum absolute atomic E-state index is 0.133. The third-order valence-corrected chi connectivity index (χ3v) is 4.19. The first-order chi connectivity index (χ1) is 16.4. The molecular formula is C22H33N5O7. The molecule has 0 saturated heterocycles. The van der Waals surface area contributed by atoms with Crippen LogP contribution in [-0.4, -0.2) is 96.9 Å². The van der Waals surface area contributed by atoms with Gasteiger partial charge in [-0.2, -0.15) is 0 Å². The summed E-state index contributed by atoms with van der Waals surface area (Å²) in [6.07, 6.45) is 1.12. The van der Waals surface area contributed by atoms with E-state index in [2.05, 4.69) is 26.3 Å². The second-order valence-corrected chi connectivity index (χ2v) is 6.75. The van der Waals surface area contributed by atoms with E-state index >= 15 is 0 Å². The molecule has 0 amide bonds. The van der Waals surface area contributed by atoms with Gasteiger partial charge in [0.25, 0.3) is 0 Å². The van der Waals surface area contributed by atoms with Crippen LogP contribution in [0.1, 0.15) is 0 Å². The van der Waals surface area contributed by atoms with Crippen molar-refractivity contribution in [1.29, 1.82) is 0 Å². The van der Waals surface area contributed by atoms with Gasteiger partial charge in [-0.15, -0.1) is 0 Å². The molecule has 2 rings (SSSR count). The van der Waals surface area contributed by atoms with Crippen LogP contribution in [0.5, 0.6) is 5.75 Å². The fourth-order valence-corrected chi connectivity index (χ4v) is 2.68. The van der Waals surface area contributed by atoms with Crippen LogP contribution in [0.15, 0.2) is 36.4 Å². The largest absolute Gasteiger partial charge is 0.497 e. The highest BCUT2D eigenvalue weighted by molar-refractivity contribution is 5.94. The van der Waals surface area contributed by atoms with Gasteiger partial charge in [-0.1, -0.05) is 0 Å². The number of aliphatic hydroxyl groups excluding tert-OH is 2. The summed E-state index contributed by atoms with van der Waals surface area (Å²) >= 11 is 0. The van der Waals surface area contributed by atoms with Crippen LogP contribution >= 0.6 is 0 Å².